The summed E-state index contributed by atoms with van der Waals surface area (Å²) in [6.07, 6.45) is 4.02. The monoisotopic (exact) mass is 530 g/mol. The lowest BCUT2D eigenvalue weighted by molar-refractivity contribution is -0.141. The molecule has 2 aromatic carbocycles. The first kappa shape index (κ1) is 30.1. The van der Waals surface area contributed by atoms with Crippen molar-refractivity contribution in [2.24, 2.45) is 5.73 Å². The van der Waals surface area contributed by atoms with Crippen LogP contribution in [-0.4, -0.2) is 58.9 Å². The molecule has 1 heterocycles. The number of rotatable bonds is 12. The Morgan fingerprint density at radius 3 is 2.43 bits per heavy atom. The molecular weight excluding hydrogens is 492 g/mol. The van der Waals surface area contributed by atoms with E-state index in [9.17, 15) is 19.5 Å². The van der Waals surface area contributed by atoms with Crippen LogP contribution in [-0.2, 0) is 27.2 Å². The number of phenols is 1. The minimum atomic E-state index is -1.16. The van der Waals surface area contributed by atoms with Gasteiger partial charge in [0.1, 0.15) is 17.3 Å². The molecule has 0 spiro atoms. The summed E-state index contributed by atoms with van der Waals surface area (Å²) in [5.74, 6) is -0.402. The van der Waals surface area contributed by atoms with Gasteiger partial charge in [-0.05, 0) is 68.8 Å². The Hall–Kier alpha value is -3.10. The topological polar surface area (TPSA) is 125 Å². The number of likely N-dealkylation sites (tertiary alicyclic amines) is 1. The van der Waals surface area contributed by atoms with Crippen LogP contribution in [0.25, 0.3) is 0 Å². The highest BCUT2D eigenvalue weighted by Crippen LogP contribution is 2.22. The number of hydrogen-bond acceptors (Lipinski definition) is 5. The standard InChI is InChI=1S/C28H38N4O4.ClH/c1-28(27(36)30-18-7-17-29,20-22-8-3-2-4-9-22)31-26(35)24-11-6-19-32(24)25(34)12-5-10-21-13-15-23(33)16-14-21;/h2-4,8-9,13-16,24,33H,5-7,10-12,17-20,29H2,1H3,(H,30,36)(H,31,35);1H/t24-,28?;/m0./s1. The van der Waals surface area contributed by atoms with Gasteiger partial charge < -0.3 is 26.4 Å². The summed E-state index contributed by atoms with van der Waals surface area (Å²) in [6, 6.07) is 15.9. The van der Waals surface area contributed by atoms with E-state index in [4.69, 9.17) is 5.73 Å². The fourth-order valence-corrected chi connectivity index (χ4v) is 4.63. The van der Waals surface area contributed by atoms with Crippen molar-refractivity contribution in [3.63, 3.8) is 0 Å². The summed E-state index contributed by atoms with van der Waals surface area (Å²) in [6.45, 7) is 3.17. The van der Waals surface area contributed by atoms with Gasteiger partial charge in [0.05, 0.1) is 0 Å². The Balaban J connectivity index is 0.00000481. The largest absolute Gasteiger partial charge is 0.508 e. The maximum atomic E-state index is 13.4. The Morgan fingerprint density at radius 1 is 1.05 bits per heavy atom. The lowest BCUT2D eigenvalue weighted by Gasteiger charge is -2.33. The van der Waals surface area contributed by atoms with E-state index in [2.05, 4.69) is 10.6 Å². The normalized spacial score (nSPS) is 16.4. The molecule has 1 unspecified atom stereocenters. The quantitative estimate of drug-likeness (QED) is 0.314. The van der Waals surface area contributed by atoms with Crippen LogP contribution in [0.1, 0.15) is 50.2 Å². The maximum Gasteiger partial charge on any atom is 0.245 e. The van der Waals surface area contributed by atoms with Crippen molar-refractivity contribution < 1.29 is 19.5 Å². The number of benzene rings is 2. The van der Waals surface area contributed by atoms with E-state index in [1.54, 1.807) is 24.0 Å². The number of carbonyl (C=O) groups is 3. The van der Waals surface area contributed by atoms with Crippen molar-refractivity contribution in [2.75, 3.05) is 19.6 Å². The first-order chi connectivity index (χ1) is 17.3. The number of aryl methyl sites for hydroxylation is 1. The molecule has 3 amide bonds. The summed E-state index contributed by atoms with van der Waals surface area (Å²) in [4.78, 5) is 41.2. The van der Waals surface area contributed by atoms with Gasteiger partial charge in [-0.25, -0.2) is 0 Å². The molecule has 0 radical (unpaired) electrons. The van der Waals surface area contributed by atoms with E-state index in [1.807, 2.05) is 42.5 Å². The molecule has 1 saturated heterocycles. The predicted octanol–water partition coefficient (Wildman–Crippen LogP) is 2.71. The third-order valence-corrected chi connectivity index (χ3v) is 6.64. The van der Waals surface area contributed by atoms with Crippen LogP contribution in [0, 0.1) is 0 Å². The number of carbonyl (C=O) groups excluding carboxylic acids is 3. The van der Waals surface area contributed by atoms with Crippen molar-refractivity contribution in [3.8, 4) is 5.75 Å². The lowest BCUT2D eigenvalue weighted by Crippen LogP contribution is -2.61. The Labute approximate surface area is 225 Å². The summed E-state index contributed by atoms with van der Waals surface area (Å²) in [5, 5.41) is 15.3. The first-order valence-electron chi connectivity index (χ1n) is 12.7. The minimum Gasteiger partial charge on any atom is -0.508 e. The highest BCUT2D eigenvalue weighted by atomic mass is 35.5. The summed E-state index contributed by atoms with van der Waals surface area (Å²) >= 11 is 0. The predicted molar refractivity (Wildman–Crippen MR) is 146 cm³/mol. The zero-order valence-electron chi connectivity index (χ0n) is 21.4. The fourth-order valence-electron chi connectivity index (χ4n) is 4.63. The van der Waals surface area contributed by atoms with E-state index >= 15 is 0 Å². The van der Waals surface area contributed by atoms with Gasteiger partial charge >= 0.3 is 0 Å². The molecule has 1 fully saturated rings. The highest BCUT2D eigenvalue weighted by molar-refractivity contribution is 5.94. The maximum absolute atomic E-state index is 13.4. The molecule has 2 atom stereocenters. The van der Waals surface area contributed by atoms with Crippen molar-refractivity contribution in [1.82, 2.24) is 15.5 Å². The number of nitrogens with two attached hydrogens (primary N) is 1. The number of aromatic hydroxyl groups is 1. The molecule has 37 heavy (non-hydrogen) atoms. The van der Waals surface area contributed by atoms with Crippen LogP contribution in [0.3, 0.4) is 0 Å². The van der Waals surface area contributed by atoms with Crippen molar-refractivity contribution in [3.05, 3.63) is 65.7 Å². The van der Waals surface area contributed by atoms with E-state index in [1.165, 1.54) is 0 Å². The number of phenolic OH excluding ortho intramolecular Hbond substituents is 1. The number of halogens is 1. The molecule has 202 valence electrons. The molecule has 0 aliphatic carbocycles. The molecule has 0 bridgehead atoms. The zero-order chi connectivity index (χ0) is 26.0. The molecule has 0 saturated carbocycles. The van der Waals surface area contributed by atoms with Gasteiger partial charge in [-0.3, -0.25) is 14.4 Å². The summed E-state index contributed by atoms with van der Waals surface area (Å²) in [5.41, 5.74) is 6.38. The van der Waals surface area contributed by atoms with E-state index in [0.29, 0.717) is 51.7 Å². The van der Waals surface area contributed by atoms with Crippen LogP contribution >= 0.6 is 12.4 Å². The van der Waals surface area contributed by atoms with E-state index < -0.39 is 11.6 Å². The van der Waals surface area contributed by atoms with Gasteiger partial charge in [0.2, 0.25) is 17.7 Å². The first-order valence-corrected chi connectivity index (χ1v) is 12.7. The van der Waals surface area contributed by atoms with Crippen LogP contribution in [0.15, 0.2) is 54.6 Å². The fraction of sp³-hybridized carbons (Fsp3) is 0.464. The highest BCUT2D eigenvalue weighted by Gasteiger charge is 2.40. The van der Waals surface area contributed by atoms with Crippen LogP contribution in [0.2, 0.25) is 0 Å². The SMILES string of the molecule is CC(Cc1ccccc1)(NC(=O)[C@@H]1CCCN1C(=O)CCCc1ccc(O)cc1)C(=O)NCCCN.Cl. The van der Waals surface area contributed by atoms with E-state index in [0.717, 1.165) is 24.0 Å². The molecule has 5 N–H and O–H groups in total. The molecule has 2 aromatic rings. The number of nitrogens with one attached hydrogen (secondary N) is 2. The number of amides is 3. The number of nitrogens with zero attached hydrogens (tertiary/aromatic N) is 1. The van der Waals surface area contributed by atoms with Gasteiger partial charge in [0, 0.05) is 25.9 Å². The number of hydrogen-bond donors (Lipinski definition) is 4. The summed E-state index contributed by atoms with van der Waals surface area (Å²) < 4.78 is 0. The molecular formula is C28H39ClN4O4. The second kappa shape index (κ2) is 14.6. The lowest BCUT2D eigenvalue weighted by atomic mass is 9.91. The third kappa shape index (κ3) is 8.76. The molecule has 9 heteroatoms. The third-order valence-electron chi connectivity index (χ3n) is 6.64. The summed E-state index contributed by atoms with van der Waals surface area (Å²) in [7, 11) is 0. The van der Waals surface area contributed by atoms with E-state index in [-0.39, 0.29) is 35.9 Å². The average molecular weight is 531 g/mol. The second-order valence-electron chi connectivity index (χ2n) is 9.65. The zero-order valence-corrected chi connectivity index (χ0v) is 22.3. The molecule has 3 rings (SSSR count). The molecule has 1 aliphatic rings. The minimum absolute atomic E-state index is 0. The van der Waals surface area contributed by atoms with Crippen molar-refractivity contribution in [2.45, 2.75) is 63.5 Å². The molecule has 8 nitrogen and oxygen atoms in total. The van der Waals surface area contributed by atoms with Gasteiger partial charge in [-0.15, -0.1) is 12.4 Å². The van der Waals surface area contributed by atoms with Crippen LogP contribution in [0.4, 0.5) is 0 Å². The average Bonchev–Trinajstić information content (AvgIpc) is 3.36. The Morgan fingerprint density at radius 2 is 1.76 bits per heavy atom. The van der Waals surface area contributed by atoms with Gasteiger partial charge in [0.15, 0.2) is 0 Å². The second-order valence-corrected chi connectivity index (χ2v) is 9.65. The Kier molecular flexibility index (Phi) is 11.9. The van der Waals surface area contributed by atoms with Crippen LogP contribution in [0.5, 0.6) is 5.75 Å². The smallest absolute Gasteiger partial charge is 0.245 e. The van der Waals surface area contributed by atoms with Gasteiger partial charge in [-0.1, -0.05) is 42.5 Å². The van der Waals surface area contributed by atoms with Gasteiger partial charge in [0.25, 0.3) is 0 Å². The van der Waals surface area contributed by atoms with Crippen molar-refractivity contribution >= 4 is 30.1 Å². The van der Waals surface area contributed by atoms with Gasteiger partial charge in [-0.2, -0.15) is 0 Å². The van der Waals surface area contributed by atoms with Crippen LogP contribution < -0.4 is 16.4 Å². The molecule has 0 aromatic heterocycles. The Bertz CT molecular complexity index is 1020. The molecule has 1 aliphatic heterocycles. The van der Waals surface area contributed by atoms with Crippen molar-refractivity contribution in [1.29, 1.82) is 0 Å².